The second kappa shape index (κ2) is 7.38. The molecule has 0 saturated carbocycles. The molecule has 128 valence electrons. The SMILES string of the molecule is CC[C@H](Nc1cccc(OC)c1)C(=O)Nc1cnc2n1CCCC2. The maximum atomic E-state index is 12.6. The van der Waals surface area contributed by atoms with Crippen LogP contribution < -0.4 is 15.4 Å². The van der Waals surface area contributed by atoms with Crippen molar-refractivity contribution in [2.24, 2.45) is 0 Å². The van der Waals surface area contributed by atoms with E-state index in [0.717, 1.165) is 42.5 Å². The van der Waals surface area contributed by atoms with Gasteiger partial charge < -0.3 is 19.9 Å². The van der Waals surface area contributed by atoms with Gasteiger partial charge in [-0.05, 0) is 31.4 Å². The molecule has 0 saturated heterocycles. The second-order valence-electron chi connectivity index (χ2n) is 5.99. The van der Waals surface area contributed by atoms with E-state index >= 15 is 0 Å². The van der Waals surface area contributed by atoms with Gasteiger partial charge in [0.05, 0.1) is 13.3 Å². The highest BCUT2D eigenvalue weighted by Crippen LogP contribution is 2.21. The first-order chi connectivity index (χ1) is 11.7. The number of imidazole rings is 1. The molecular formula is C18H24N4O2. The van der Waals surface area contributed by atoms with Crippen molar-refractivity contribution in [3.63, 3.8) is 0 Å². The van der Waals surface area contributed by atoms with Crippen LogP contribution in [-0.2, 0) is 17.8 Å². The molecule has 2 N–H and O–H groups in total. The van der Waals surface area contributed by atoms with Gasteiger partial charge in [-0.1, -0.05) is 13.0 Å². The molecule has 0 bridgehead atoms. The Morgan fingerprint density at radius 3 is 3.08 bits per heavy atom. The van der Waals surface area contributed by atoms with Crippen LogP contribution in [0.2, 0.25) is 0 Å². The first-order valence-electron chi connectivity index (χ1n) is 8.47. The zero-order valence-electron chi connectivity index (χ0n) is 14.2. The van der Waals surface area contributed by atoms with E-state index in [2.05, 4.69) is 20.2 Å². The van der Waals surface area contributed by atoms with Crippen LogP contribution in [0.4, 0.5) is 11.5 Å². The number of fused-ring (bicyclic) bond motifs is 1. The number of rotatable bonds is 6. The number of aryl methyl sites for hydroxylation is 1. The minimum atomic E-state index is -0.313. The number of ether oxygens (including phenoxy) is 1. The van der Waals surface area contributed by atoms with E-state index < -0.39 is 0 Å². The third-order valence-corrected chi connectivity index (χ3v) is 4.36. The Balaban J connectivity index is 1.69. The summed E-state index contributed by atoms with van der Waals surface area (Å²) >= 11 is 0. The maximum Gasteiger partial charge on any atom is 0.247 e. The van der Waals surface area contributed by atoms with E-state index in [1.807, 2.05) is 31.2 Å². The van der Waals surface area contributed by atoms with Crippen LogP contribution in [0.1, 0.15) is 32.0 Å². The number of nitrogens with one attached hydrogen (secondary N) is 2. The van der Waals surface area contributed by atoms with Crippen LogP contribution in [0.3, 0.4) is 0 Å². The van der Waals surface area contributed by atoms with Crippen LogP contribution in [-0.4, -0.2) is 28.6 Å². The van der Waals surface area contributed by atoms with Crippen molar-refractivity contribution in [2.45, 2.75) is 45.2 Å². The first kappa shape index (κ1) is 16.4. The fourth-order valence-electron chi connectivity index (χ4n) is 3.00. The number of anilines is 2. The summed E-state index contributed by atoms with van der Waals surface area (Å²) in [6.45, 7) is 2.91. The van der Waals surface area contributed by atoms with Crippen molar-refractivity contribution in [1.29, 1.82) is 0 Å². The number of benzene rings is 1. The summed E-state index contributed by atoms with van der Waals surface area (Å²) in [6, 6.07) is 7.28. The summed E-state index contributed by atoms with van der Waals surface area (Å²) in [5.41, 5.74) is 0.867. The number of hydrogen-bond donors (Lipinski definition) is 2. The van der Waals surface area contributed by atoms with Gasteiger partial charge in [0.2, 0.25) is 5.91 Å². The summed E-state index contributed by atoms with van der Waals surface area (Å²) in [5.74, 6) is 2.57. The molecule has 0 radical (unpaired) electrons. The smallest absolute Gasteiger partial charge is 0.247 e. The minimum Gasteiger partial charge on any atom is -0.497 e. The fraction of sp³-hybridized carbons (Fsp3) is 0.444. The Morgan fingerprint density at radius 2 is 2.29 bits per heavy atom. The summed E-state index contributed by atoms with van der Waals surface area (Å²) in [7, 11) is 1.63. The highest BCUT2D eigenvalue weighted by Gasteiger charge is 2.20. The van der Waals surface area contributed by atoms with Crippen molar-refractivity contribution in [3.8, 4) is 5.75 Å². The Bertz CT molecular complexity index is 711. The topological polar surface area (TPSA) is 68.2 Å². The molecule has 0 fully saturated rings. The standard InChI is InChI=1S/C18H24N4O2/c1-3-15(20-13-7-6-8-14(11-13)24-2)18(23)21-17-12-19-16-9-4-5-10-22(16)17/h6-8,11-12,15,20H,3-5,9-10H2,1-2H3,(H,21,23)/t15-/m0/s1. The molecule has 6 nitrogen and oxygen atoms in total. The molecule has 2 heterocycles. The van der Waals surface area contributed by atoms with Crippen LogP contribution >= 0.6 is 0 Å². The summed E-state index contributed by atoms with van der Waals surface area (Å²) < 4.78 is 7.34. The van der Waals surface area contributed by atoms with Gasteiger partial charge in [0.1, 0.15) is 23.4 Å². The summed E-state index contributed by atoms with van der Waals surface area (Å²) in [4.78, 5) is 17.1. The summed E-state index contributed by atoms with van der Waals surface area (Å²) in [5, 5.41) is 6.29. The first-order valence-corrected chi connectivity index (χ1v) is 8.47. The molecule has 1 aliphatic heterocycles. The van der Waals surface area contributed by atoms with Crippen molar-refractivity contribution in [2.75, 3.05) is 17.7 Å². The second-order valence-corrected chi connectivity index (χ2v) is 5.99. The van der Waals surface area contributed by atoms with Gasteiger partial charge in [-0.25, -0.2) is 4.98 Å². The lowest BCUT2D eigenvalue weighted by atomic mass is 10.1. The highest BCUT2D eigenvalue weighted by atomic mass is 16.5. The molecule has 1 aliphatic rings. The third kappa shape index (κ3) is 3.53. The molecule has 1 aromatic carbocycles. The monoisotopic (exact) mass is 328 g/mol. The van der Waals surface area contributed by atoms with Gasteiger partial charge in [-0.15, -0.1) is 0 Å². The molecule has 3 rings (SSSR count). The average molecular weight is 328 g/mol. The molecular weight excluding hydrogens is 304 g/mol. The zero-order chi connectivity index (χ0) is 16.9. The Kier molecular flexibility index (Phi) is 5.03. The van der Waals surface area contributed by atoms with Crippen LogP contribution in [0, 0.1) is 0 Å². The number of aromatic nitrogens is 2. The maximum absolute atomic E-state index is 12.6. The number of amides is 1. The Hall–Kier alpha value is -2.50. The number of hydrogen-bond acceptors (Lipinski definition) is 4. The van der Waals surface area contributed by atoms with E-state index in [-0.39, 0.29) is 11.9 Å². The van der Waals surface area contributed by atoms with Crippen LogP contribution in [0.5, 0.6) is 5.75 Å². The molecule has 1 aromatic heterocycles. The van der Waals surface area contributed by atoms with E-state index in [9.17, 15) is 4.79 Å². The largest absolute Gasteiger partial charge is 0.497 e. The minimum absolute atomic E-state index is 0.0476. The van der Waals surface area contributed by atoms with E-state index in [4.69, 9.17) is 4.74 Å². The van der Waals surface area contributed by atoms with Crippen LogP contribution in [0.15, 0.2) is 30.5 Å². The van der Waals surface area contributed by atoms with Gasteiger partial charge in [-0.2, -0.15) is 0 Å². The fourth-order valence-corrected chi connectivity index (χ4v) is 3.00. The zero-order valence-corrected chi connectivity index (χ0v) is 14.2. The van der Waals surface area contributed by atoms with Gasteiger partial charge >= 0.3 is 0 Å². The van der Waals surface area contributed by atoms with Gasteiger partial charge in [0.15, 0.2) is 0 Å². The van der Waals surface area contributed by atoms with Crippen molar-refractivity contribution in [3.05, 3.63) is 36.3 Å². The van der Waals surface area contributed by atoms with Crippen molar-refractivity contribution >= 4 is 17.4 Å². The van der Waals surface area contributed by atoms with E-state index in [1.165, 1.54) is 6.42 Å². The number of nitrogens with zero attached hydrogens (tertiary/aromatic N) is 2. The normalized spacial score (nSPS) is 14.6. The lowest BCUT2D eigenvalue weighted by Crippen LogP contribution is -2.34. The Labute approximate surface area is 142 Å². The number of methoxy groups -OCH3 is 1. The predicted molar refractivity (Wildman–Crippen MR) is 94.5 cm³/mol. The molecule has 0 unspecified atom stereocenters. The highest BCUT2D eigenvalue weighted by molar-refractivity contribution is 5.95. The lowest BCUT2D eigenvalue weighted by Gasteiger charge is -2.20. The Morgan fingerprint density at radius 1 is 1.42 bits per heavy atom. The van der Waals surface area contributed by atoms with Gasteiger partial charge in [-0.3, -0.25) is 4.79 Å². The number of carbonyl (C=O) groups is 1. The lowest BCUT2D eigenvalue weighted by molar-refractivity contribution is -0.117. The van der Waals surface area contributed by atoms with Gasteiger partial charge in [0.25, 0.3) is 0 Å². The van der Waals surface area contributed by atoms with Crippen LogP contribution in [0.25, 0.3) is 0 Å². The molecule has 1 amide bonds. The predicted octanol–water partition coefficient (Wildman–Crippen LogP) is 3.06. The molecule has 2 aromatic rings. The number of carbonyl (C=O) groups excluding carboxylic acids is 1. The van der Waals surface area contributed by atoms with Gasteiger partial charge in [0, 0.05) is 24.7 Å². The van der Waals surface area contributed by atoms with E-state index in [0.29, 0.717) is 6.42 Å². The molecule has 1 atom stereocenters. The molecule has 0 spiro atoms. The quantitative estimate of drug-likeness (QED) is 0.855. The van der Waals surface area contributed by atoms with Crippen molar-refractivity contribution in [1.82, 2.24) is 9.55 Å². The molecule has 24 heavy (non-hydrogen) atoms. The molecule has 6 heteroatoms. The molecule has 0 aliphatic carbocycles. The van der Waals surface area contributed by atoms with Crippen molar-refractivity contribution < 1.29 is 9.53 Å². The third-order valence-electron chi connectivity index (χ3n) is 4.36. The van der Waals surface area contributed by atoms with E-state index in [1.54, 1.807) is 13.3 Å². The average Bonchev–Trinajstić information content (AvgIpc) is 3.03. The summed E-state index contributed by atoms with van der Waals surface area (Å²) in [6.07, 6.45) is 5.72.